The fraction of sp³-hybridized carbons (Fsp3) is 1.00. The molecule has 1 rings (SSSR count). The van der Waals surface area contributed by atoms with E-state index in [1.54, 1.807) is 0 Å². The summed E-state index contributed by atoms with van der Waals surface area (Å²) in [7, 11) is 2.33. The number of rotatable bonds is 7. The highest BCUT2D eigenvalue weighted by molar-refractivity contribution is 4.93. The Morgan fingerprint density at radius 1 is 1.21 bits per heavy atom. The van der Waals surface area contributed by atoms with E-state index >= 15 is 0 Å². The van der Waals surface area contributed by atoms with Crippen molar-refractivity contribution < 1.29 is 0 Å². The van der Waals surface area contributed by atoms with Crippen LogP contribution in [0.3, 0.4) is 0 Å². The van der Waals surface area contributed by atoms with Crippen molar-refractivity contribution in [1.29, 1.82) is 0 Å². The quantitative estimate of drug-likeness (QED) is 0.756. The minimum absolute atomic E-state index is 0.691. The lowest BCUT2D eigenvalue weighted by molar-refractivity contribution is 0.0772. The maximum atomic E-state index is 3.81. The third kappa shape index (κ3) is 5.43. The first-order chi connectivity index (χ1) is 8.95. The molecule has 1 N–H and O–H groups in total. The Labute approximate surface area is 121 Å². The Morgan fingerprint density at radius 2 is 1.89 bits per heavy atom. The van der Waals surface area contributed by atoms with Gasteiger partial charge in [-0.25, -0.2) is 0 Å². The Morgan fingerprint density at radius 3 is 2.47 bits per heavy atom. The summed E-state index contributed by atoms with van der Waals surface area (Å²) in [4.78, 5) is 2.63. The zero-order valence-corrected chi connectivity index (χ0v) is 14.1. The van der Waals surface area contributed by atoms with E-state index in [0.717, 1.165) is 23.8 Å². The first-order valence-corrected chi connectivity index (χ1v) is 8.39. The SMILES string of the molecule is CCCNC1CC(C)CC(C)C1N(C)CCC(C)C. The molecule has 1 fully saturated rings. The van der Waals surface area contributed by atoms with Gasteiger partial charge in [-0.3, -0.25) is 0 Å². The Hall–Kier alpha value is -0.0800. The van der Waals surface area contributed by atoms with E-state index in [1.165, 1.54) is 38.8 Å². The molecule has 0 aromatic heterocycles. The van der Waals surface area contributed by atoms with Crippen molar-refractivity contribution in [3.63, 3.8) is 0 Å². The molecule has 4 unspecified atom stereocenters. The van der Waals surface area contributed by atoms with Crippen LogP contribution in [0.25, 0.3) is 0 Å². The Kier molecular flexibility index (Phi) is 7.38. The molecule has 114 valence electrons. The van der Waals surface area contributed by atoms with Gasteiger partial charge in [0.25, 0.3) is 0 Å². The van der Waals surface area contributed by atoms with Crippen LogP contribution in [-0.2, 0) is 0 Å². The van der Waals surface area contributed by atoms with E-state index in [2.05, 4.69) is 51.9 Å². The van der Waals surface area contributed by atoms with Crippen molar-refractivity contribution in [3.05, 3.63) is 0 Å². The van der Waals surface area contributed by atoms with Gasteiger partial charge in [0.2, 0.25) is 0 Å². The summed E-state index contributed by atoms with van der Waals surface area (Å²) in [5.41, 5.74) is 0. The van der Waals surface area contributed by atoms with E-state index in [4.69, 9.17) is 0 Å². The zero-order chi connectivity index (χ0) is 14.4. The van der Waals surface area contributed by atoms with Gasteiger partial charge in [-0.05, 0) is 63.6 Å². The predicted octanol–water partition coefficient (Wildman–Crippen LogP) is 3.77. The van der Waals surface area contributed by atoms with Gasteiger partial charge < -0.3 is 10.2 Å². The molecule has 0 aliphatic heterocycles. The van der Waals surface area contributed by atoms with Gasteiger partial charge in [-0.2, -0.15) is 0 Å². The number of likely N-dealkylation sites (N-methyl/N-ethyl adjacent to an activating group) is 1. The van der Waals surface area contributed by atoms with Gasteiger partial charge in [-0.1, -0.05) is 34.6 Å². The smallest absolute Gasteiger partial charge is 0.0272 e. The molecule has 0 aromatic carbocycles. The molecular formula is C17H36N2. The lowest BCUT2D eigenvalue weighted by Gasteiger charge is -2.45. The first kappa shape index (κ1) is 17.0. The lowest BCUT2D eigenvalue weighted by atomic mass is 9.75. The van der Waals surface area contributed by atoms with Crippen LogP contribution in [0.5, 0.6) is 0 Å². The molecule has 0 amide bonds. The fourth-order valence-electron chi connectivity index (χ4n) is 3.73. The summed E-state index contributed by atoms with van der Waals surface area (Å²) in [5, 5.41) is 3.81. The standard InChI is InChI=1S/C17H36N2/c1-7-9-18-16-12-14(4)11-15(5)17(16)19(6)10-8-13(2)3/h13-18H,7-12H2,1-6H3. The molecule has 4 atom stereocenters. The molecule has 2 nitrogen and oxygen atoms in total. The van der Waals surface area contributed by atoms with Crippen molar-refractivity contribution in [2.75, 3.05) is 20.1 Å². The Bertz CT molecular complexity index is 239. The average molecular weight is 268 g/mol. The minimum atomic E-state index is 0.691. The molecule has 1 aliphatic rings. The highest BCUT2D eigenvalue weighted by Crippen LogP contribution is 2.32. The minimum Gasteiger partial charge on any atom is -0.312 e. The molecule has 1 saturated carbocycles. The number of nitrogens with one attached hydrogen (secondary N) is 1. The first-order valence-electron chi connectivity index (χ1n) is 8.39. The summed E-state index contributed by atoms with van der Waals surface area (Å²) >= 11 is 0. The molecular weight excluding hydrogens is 232 g/mol. The van der Waals surface area contributed by atoms with Gasteiger partial charge in [-0.15, -0.1) is 0 Å². The second-order valence-corrected chi connectivity index (χ2v) is 7.27. The van der Waals surface area contributed by atoms with Crippen LogP contribution in [-0.4, -0.2) is 37.1 Å². The largest absolute Gasteiger partial charge is 0.312 e. The summed E-state index contributed by atoms with van der Waals surface area (Å²) in [6, 6.07) is 1.41. The zero-order valence-electron chi connectivity index (χ0n) is 14.1. The van der Waals surface area contributed by atoms with Crippen LogP contribution in [0.1, 0.15) is 60.3 Å². The van der Waals surface area contributed by atoms with E-state index in [9.17, 15) is 0 Å². The molecule has 2 heteroatoms. The monoisotopic (exact) mass is 268 g/mol. The van der Waals surface area contributed by atoms with Crippen molar-refractivity contribution in [3.8, 4) is 0 Å². The van der Waals surface area contributed by atoms with E-state index in [-0.39, 0.29) is 0 Å². The molecule has 19 heavy (non-hydrogen) atoms. The fourth-order valence-corrected chi connectivity index (χ4v) is 3.73. The maximum Gasteiger partial charge on any atom is 0.0272 e. The van der Waals surface area contributed by atoms with E-state index < -0.39 is 0 Å². The van der Waals surface area contributed by atoms with Gasteiger partial charge in [0.05, 0.1) is 0 Å². The third-order valence-corrected chi connectivity index (χ3v) is 4.65. The molecule has 0 radical (unpaired) electrons. The predicted molar refractivity (Wildman–Crippen MR) is 85.5 cm³/mol. The average Bonchev–Trinajstić information content (AvgIpc) is 2.32. The van der Waals surface area contributed by atoms with Gasteiger partial charge in [0.15, 0.2) is 0 Å². The number of nitrogens with zero attached hydrogens (tertiary/aromatic N) is 1. The maximum absolute atomic E-state index is 3.81. The van der Waals surface area contributed by atoms with Crippen LogP contribution < -0.4 is 5.32 Å². The summed E-state index contributed by atoms with van der Waals surface area (Å²) < 4.78 is 0. The van der Waals surface area contributed by atoms with Gasteiger partial charge in [0, 0.05) is 12.1 Å². The summed E-state index contributed by atoms with van der Waals surface area (Å²) in [6.45, 7) is 14.2. The normalized spacial score (nSPS) is 32.2. The van der Waals surface area contributed by atoms with Crippen LogP contribution in [0, 0.1) is 17.8 Å². The van der Waals surface area contributed by atoms with E-state index in [1.807, 2.05) is 0 Å². The van der Waals surface area contributed by atoms with Crippen LogP contribution >= 0.6 is 0 Å². The van der Waals surface area contributed by atoms with Crippen LogP contribution in [0.2, 0.25) is 0 Å². The molecule has 0 heterocycles. The van der Waals surface area contributed by atoms with Crippen LogP contribution in [0.15, 0.2) is 0 Å². The molecule has 1 aliphatic carbocycles. The topological polar surface area (TPSA) is 15.3 Å². The second-order valence-electron chi connectivity index (χ2n) is 7.27. The van der Waals surface area contributed by atoms with Crippen molar-refractivity contribution in [1.82, 2.24) is 10.2 Å². The third-order valence-electron chi connectivity index (χ3n) is 4.65. The van der Waals surface area contributed by atoms with Gasteiger partial charge >= 0.3 is 0 Å². The lowest BCUT2D eigenvalue weighted by Crippen LogP contribution is -2.55. The molecule has 0 spiro atoms. The highest BCUT2D eigenvalue weighted by atomic mass is 15.2. The second kappa shape index (κ2) is 8.26. The van der Waals surface area contributed by atoms with Gasteiger partial charge in [0.1, 0.15) is 0 Å². The molecule has 0 aromatic rings. The molecule has 0 bridgehead atoms. The summed E-state index contributed by atoms with van der Waals surface area (Å²) in [5.74, 6) is 2.50. The summed E-state index contributed by atoms with van der Waals surface area (Å²) in [6.07, 6.45) is 5.29. The Balaban J connectivity index is 2.61. The van der Waals surface area contributed by atoms with Crippen LogP contribution in [0.4, 0.5) is 0 Å². The van der Waals surface area contributed by atoms with Crippen molar-refractivity contribution in [2.24, 2.45) is 17.8 Å². The highest BCUT2D eigenvalue weighted by Gasteiger charge is 2.35. The number of hydrogen-bond donors (Lipinski definition) is 1. The van der Waals surface area contributed by atoms with Crippen molar-refractivity contribution >= 4 is 0 Å². The van der Waals surface area contributed by atoms with Crippen molar-refractivity contribution in [2.45, 2.75) is 72.4 Å². The molecule has 0 saturated heterocycles. The van der Waals surface area contributed by atoms with E-state index in [0.29, 0.717) is 6.04 Å². The number of hydrogen-bond acceptors (Lipinski definition) is 2.